The minimum atomic E-state index is -0.159. The molecule has 3 aromatic carbocycles. The lowest BCUT2D eigenvalue weighted by Gasteiger charge is -2.42. The van der Waals surface area contributed by atoms with Crippen molar-refractivity contribution in [2.24, 2.45) is 5.73 Å². The molecule has 2 heterocycles. The first-order chi connectivity index (χ1) is 20.0. The molecule has 226 valence electrons. The number of halogens is 1. The SMILES string of the molecule is CC(C)(C(N)c1ccccc1)N1CCCC1.Cc1c(Br)cccc1C(=O)NC(c1ccccc1)C(C)(C)N1CCCC1. The van der Waals surface area contributed by atoms with Crippen molar-refractivity contribution in [3.05, 3.63) is 106 Å². The Bertz CT molecular complexity index is 1280. The average Bonchev–Trinajstić information content (AvgIpc) is 3.74. The molecule has 42 heavy (non-hydrogen) atoms. The van der Waals surface area contributed by atoms with Crippen LogP contribution in [0.4, 0.5) is 0 Å². The number of likely N-dealkylation sites (tertiary alicyclic amines) is 2. The molecule has 1 amide bonds. The number of nitrogens with two attached hydrogens (primary N) is 1. The van der Waals surface area contributed by atoms with Crippen molar-refractivity contribution < 1.29 is 4.79 Å². The number of carbonyl (C=O) groups excluding carboxylic acids is 1. The number of rotatable bonds is 8. The standard InChI is InChI=1S/C22H27BrN2O.C14H22N2/c1-16-18(12-9-13-19(16)23)21(26)24-20(17-10-5-4-6-11-17)22(2,3)25-14-7-8-15-25;1-14(2,16-10-6-7-11-16)13(15)12-8-4-3-5-9-12/h4-6,9-13,20H,7-8,14-15H2,1-3H3,(H,24,26);3-5,8-9,13H,6-7,10-11,15H2,1-2H3. The number of benzene rings is 3. The van der Waals surface area contributed by atoms with Crippen LogP contribution in [0.25, 0.3) is 0 Å². The second kappa shape index (κ2) is 14.3. The highest BCUT2D eigenvalue weighted by Crippen LogP contribution is 2.34. The van der Waals surface area contributed by atoms with Gasteiger partial charge in [0.2, 0.25) is 0 Å². The fourth-order valence-corrected chi connectivity index (χ4v) is 6.78. The van der Waals surface area contributed by atoms with Gasteiger partial charge in [0, 0.05) is 27.2 Å². The van der Waals surface area contributed by atoms with E-state index in [2.05, 4.69) is 95.1 Å². The first-order valence-corrected chi connectivity index (χ1v) is 16.2. The third kappa shape index (κ3) is 7.52. The second-order valence-electron chi connectivity index (χ2n) is 12.8. The van der Waals surface area contributed by atoms with Gasteiger partial charge in [0.25, 0.3) is 5.91 Å². The molecule has 0 aromatic heterocycles. The maximum absolute atomic E-state index is 13.1. The molecule has 5 nitrogen and oxygen atoms in total. The predicted octanol–water partition coefficient (Wildman–Crippen LogP) is 7.66. The van der Waals surface area contributed by atoms with Gasteiger partial charge in [-0.15, -0.1) is 0 Å². The summed E-state index contributed by atoms with van der Waals surface area (Å²) >= 11 is 3.53. The molecule has 3 aromatic rings. The molecule has 0 bridgehead atoms. The number of carbonyl (C=O) groups is 1. The zero-order valence-corrected chi connectivity index (χ0v) is 27.7. The zero-order valence-electron chi connectivity index (χ0n) is 26.1. The van der Waals surface area contributed by atoms with E-state index < -0.39 is 0 Å². The van der Waals surface area contributed by atoms with Gasteiger partial charge < -0.3 is 11.1 Å². The van der Waals surface area contributed by atoms with Crippen LogP contribution in [0, 0.1) is 6.92 Å². The zero-order chi connectivity index (χ0) is 30.3. The summed E-state index contributed by atoms with van der Waals surface area (Å²) in [6, 6.07) is 26.5. The lowest BCUT2D eigenvalue weighted by Crippen LogP contribution is -2.52. The summed E-state index contributed by atoms with van der Waals surface area (Å²) in [6.07, 6.45) is 5.07. The third-order valence-corrected chi connectivity index (χ3v) is 10.2. The fourth-order valence-electron chi connectivity index (χ4n) is 6.41. The van der Waals surface area contributed by atoms with Crippen molar-refractivity contribution in [3.8, 4) is 0 Å². The summed E-state index contributed by atoms with van der Waals surface area (Å²) < 4.78 is 0.959. The van der Waals surface area contributed by atoms with Crippen molar-refractivity contribution in [3.63, 3.8) is 0 Å². The summed E-state index contributed by atoms with van der Waals surface area (Å²) in [5.41, 5.74) is 10.4. The number of amides is 1. The Labute approximate surface area is 262 Å². The minimum Gasteiger partial charge on any atom is -0.343 e. The van der Waals surface area contributed by atoms with Crippen molar-refractivity contribution in [2.45, 2.75) is 83.5 Å². The van der Waals surface area contributed by atoms with Crippen LogP contribution in [0.2, 0.25) is 0 Å². The molecule has 0 saturated carbocycles. The molecule has 2 aliphatic heterocycles. The molecule has 0 aliphatic carbocycles. The van der Waals surface area contributed by atoms with Crippen LogP contribution >= 0.6 is 15.9 Å². The van der Waals surface area contributed by atoms with E-state index in [0.29, 0.717) is 0 Å². The number of hydrogen-bond acceptors (Lipinski definition) is 4. The third-order valence-electron chi connectivity index (χ3n) is 9.39. The molecule has 2 unspecified atom stereocenters. The Morgan fingerprint density at radius 3 is 1.74 bits per heavy atom. The van der Waals surface area contributed by atoms with Gasteiger partial charge in [-0.25, -0.2) is 0 Å². The normalized spacial score (nSPS) is 17.8. The fraction of sp³-hybridized carbons (Fsp3) is 0.472. The van der Waals surface area contributed by atoms with Crippen molar-refractivity contribution in [2.75, 3.05) is 26.2 Å². The van der Waals surface area contributed by atoms with Gasteiger partial charge in [-0.2, -0.15) is 0 Å². The average molecular weight is 634 g/mol. The summed E-state index contributed by atoms with van der Waals surface area (Å²) in [7, 11) is 0. The Hall–Kier alpha value is -2.51. The highest BCUT2D eigenvalue weighted by atomic mass is 79.9. The molecule has 0 spiro atoms. The molecule has 2 fully saturated rings. The summed E-state index contributed by atoms with van der Waals surface area (Å²) in [5, 5.41) is 3.33. The first kappa shape index (κ1) is 32.4. The van der Waals surface area contributed by atoms with Gasteiger partial charge in [-0.05, 0) is 115 Å². The van der Waals surface area contributed by atoms with Gasteiger partial charge in [-0.3, -0.25) is 14.6 Å². The highest BCUT2D eigenvalue weighted by molar-refractivity contribution is 9.10. The number of hydrogen-bond donors (Lipinski definition) is 2. The Morgan fingerprint density at radius 2 is 1.21 bits per heavy atom. The quantitative estimate of drug-likeness (QED) is 0.268. The molecule has 2 saturated heterocycles. The van der Waals surface area contributed by atoms with Crippen molar-refractivity contribution >= 4 is 21.8 Å². The topological polar surface area (TPSA) is 61.6 Å². The van der Waals surface area contributed by atoms with Gasteiger partial charge in [0.1, 0.15) is 0 Å². The van der Waals surface area contributed by atoms with Crippen LogP contribution in [0.5, 0.6) is 0 Å². The van der Waals surface area contributed by atoms with E-state index in [-0.39, 0.29) is 29.1 Å². The van der Waals surface area contributed by atoms with Gasteiger partial charge >= 0.3 is 0 Å². The monoisotopic (exact) mass is 632 g/mol. The molecule has 2 atom stereocenters. The molecular formula is C36H49BrN4O. The largest absolute Gasteiger partial charge is 0.343 e. The minimum absolute atomic E-state index is 0.0232. The molecule has 3 N–H and O–H groups in total. The van der Waals surface area contributed by atoms with E-state index in [9.17, 15) is 4.79 Å². The Kier molecular flexibility index (Phi) is 11.0. The number of nitrogens with one attached hydrogen (secondary N) is 1. The maximum Gasteiger partial charge on any atom is 0.252 e. The van der Waals surface area contributed by atoms with Gasteiger partial charge in [0.15, 0.2) is 0 Å². The highest BCUT2D eigenvalue weighted by Gasteiger charge is 2.39. The molecule has 2 aliphatic rings. The van der Waals surface area contributed by atoms with Crippen LogP contribution < -0.4 is 11.1 Å². The molecular weight excluding hydrogens is 584 g/mol. The predicted molar refractivity (Wildman–Crippen MR) is 179 cm³/mol. The summed E-state index contributed by atoms with van der Waals surface area (Å²) in [6.45, 7) is 15.5. The van der Waals surface area contributed by atoms with E-state index in [1.54, 1.807) is 0 Å². The van der Waals surface area contributed by atoms with Gasteiger partial charge in [0.05, 0.1) is 6.04 Å². The van der Waals surface area contributed by atoms with Crippen LogP contribution in [0.1, 0.15) is 92.5 Å². The van der Waals surface area contributed by atoms with Crippen molar-refractivity contribution in [1.82, 2.24) is 15.1 Å². The molecule has 6 heteroatoms. The van der Waals surface area contributed by atoms with E-state index >= 15 is 0 Å². The smallest absolute Gasteiger partial charge is 0.252 e. The molecule has 0 radical (unpaired) electrons. The van der Waals surface area contributed by atoms with Crippen LogP contribution in [0.15, 0.2) is 83.3 Å². The molecule has 5 rings (SSSR count). The van der Waals surface area contributed by atoms with E-state index in [1.165, 1.54) is 44.3 Å². The van der Waals surface area contributed by atoms with E-state index in [4.69, 9.17) is 5.73 Å². The number of nitrogens with zero attached hydrogens (tertiary/aromatic N) is 2. The lowest BCUT2D eigenvalue weighted by molar-refractivity contribution is 0.0778. The van der Waals surface area contributed by atoms with E-state index in [0.717, 1.165) is 34.3 Å². The Balaban J connectivity index is 0.000000216. The van der Waals surface area contributed by atoms with Crippen LogP contribution in [0.3, 0.4) is 0 Å². The first-order valence-electron chi connectivity index (χ1n) is 15.4. The lowest BCUT2D eigenvalue weighted by atomic mass is 9.86. The van der Waals surface area contributed by atoms with E-state index in [1.807, 2.05) is 49.4 Å². The second-order valence-corrected chi connectivity index (χ2v) is 13.7. The Morgan fingerprint density at radius 1 is 0.738 bits per heavy atom. The maximum atomic E-state index is 13.1. The van der Waals surface area contributed by atoms with Crippen LogP contribution in [-0.4, -0.2) is 53.0 Å². The van der Waals surface area contributed by atoms with Gasteiger partial charge in [-0.1, -0.05) is 82.7 Å². The van der Waals surface area contributed by atoms with Crippen molar-refractivity contribution in [1.29, 1.82) is 0 Å². The van der Waals surface area contributed by atoms with Crippen LogP contribution in [-0.2, 0) is 0 Å². The summed E-state index contributed by atoms with van der Waals surface area (Å²) in [5.74, 6) is -0.0232. The summed E-state index contributed by atoms with van der Waals surface area (Å²) in [4.78, 5) is 18.1.